The zero-order valence-electron chi connectivity index (χ0n) is 14.7. The molecule has 0 saturated carbocycles. The number of nitrogens with zero attached hydrogens (tertiary/aromatic N) is 1. The second-order valence-electron chi connectivity index (χ2n) is 5.47. The molecule has 134 valence electrons. The number of ketones is 1. The van der Waals surface area contributed by atoms with Crippen LogP contribution in [0.3, 0.4) is 0 Å². The van der Waals surface area contributed by atoms with Crippen LogP contribution in [0.4, 0.5) is 0 Å². The second kappa shape index (κ2) is 9.23. The van der Waals surface area contributed by atoms with Gasteiger partial charge in [0.25, 0.3) is 0 Å². The molecule has 6 nitrogen and oxygen atoms in total. The lowest BCUT2D eigenvalue weighted by molar-refractivity contribution is -0.144. The zero-order chi connectivity index (χ0) is 18.9. The Balaban J connectivity index is 1.86. The van der Waals surface area contributed by atoms with Gasteiger partial charge >= 0.3 is 5.97 Å². The number of nitriles is 1. The van der Waals surface area contributed by atoms with Gasteiger partial charge in [-0.05, 0) is 35.9 Å². The molecule has 0 spiro atoms. The van der Waals surface area contributed by atoms with E-state index in [1.54, 1.807) is 42.5 Å². The Morgan fingerprint density at radius 2 is 1.77 bits per heavy atom. The highest BCUT2D eigenvalue weighted by Crippen LogP contribution is 2.28. The molecule has 0 unspecified atom stereocenters. The fraction of sp³-hybridized carbons (Fsp3) is 0.250. The molecule has 0 fully saturated rings. The summed E-state index contributed by atoms with van der Waals surface area (Å²) in [6.07, 6.45) is 0.0116. The van der Waals surface area contributed by atoms with Crippen molar-refractivity contribution in [2.75, 3.05) is 14.2 Å². The average Bonchev–Trinajstić information content (AvgIpc) is 2.69. The van der Waals surface area contributed by atoms with Crippen molar-refractivity contribution in [1.29, 1.82) is 5.26 Å². The largest absolute Gasteiger partial charge is 0.493 e. The fourth-order valence-corrected chi connectivity index (χ4v) is 2.34. The molecular formula is C20H19NO5. The van der Waals surface area contributed by atoms with Gasteiger partial charge in [0.1, 0.15) is 6.61 Å². The van der Waals surface area contributed by atoms with E-state index in [4.69, 9.17) is 19.5 Å². The van der Waals surface area contributed by atoms with Gasteiger partial charge in [-0.25, -0.2) is 0 Å². The van der Waals surface area contributed by atoms with Crippen molar-refractivity contribution in [3.63, 3.8) is 0 Å². The summed E-state index contributed by atoms with van der Waals surface area (Å²) in [4.78, 5) is 24.1. The minimum absolute atomic E-state index is 0.0227. The van der Waals surface area contributed by atoms with Crippen molar-refractivity contribution >= 4 is 11.8 Å². The van der Waals surface area contributed by atoms with Crippen molar-refractivity contribution in [2.24, 2.45) is 0 Å². The van der Waals surface area contributed by atoms with E-state index in [9.17, 15) is 9.59 Å². The molecule has 2 aromatic rings. The number of carbonyl (C=O) groups is 2. The van der Waals surface area contributed by atoms with E-state index in [0.29, 0.717) is 22.6 Å². The molecule has 0 aromatic heterocycles. The van der Waals surface area contributed by atoms with Gasteiger partial charge in [0.2, 0.25) is 0 Å². The lowest BCUT2D eigenvalue weighted by atomic mass is 10.1. The average molecular weight is 353 g/mol. The molecule has 26 heavy (non-hydrogen) atoms. The predicted molar refractivity (Wildman–Crippen MR) is 94.1 cm³/mol. The van der Waals surface area contributed by atoms with Gasteiger partial charge in [-0.15, -0.1) is 0 Å². The number of Topliss-reactive ketones (excluding diaryl/α,β-unsaturated/α-hetero) is 1. The van der Waals surface area contributed by atoms with Crippen LogP contribution < -0.4 is 9.47 Å². The number of methoxy groups -OCH3 is 2. The molecule has 0 atom stereocenters. The second-order valence-corrected chi connectivity index (χ2v) is 5.47. The van der Waals surface area contributed by atoms with Crippen molar-refractivity contribution in [2.45, 2.75) is 19.4 Å². The number of hydrogen-bond acceptors (Lipinski definition) is 6. The Morgan fingerprint density at radius 3 is 2.46 bits per heavy atom. The molecule has 0 heterocycles. The van der Waals surface area contributed by atoms with E-state index in [0.717, 1.165) is 5.56 Å². The first-order chi connectivity index (χ1) is 12.6. The van der Waals surface area contributed by atoms with Crippen molar-refractivity contribution in [1.82, 2.24) is 0 Å². The van der Waals surface area contributed by atoms with Crippen molar-refractivity contribution < 1.29 is 23.8 Å². The molecule has 2 aromatic carbocycles. The number of benzene rings is 2. The van der Waals surface area contributed by atoms with Crippen molar-refractivity contribution in [3.8, 4) is 17.6 Å². The van der Waals surface area contributed by atoms with Crippen LogP contribution in [0.15, 0.2) is 42.5 Å². The lowest BCUT2D eigenvalue weighted by Crippen LogP contribution is -2.08. The highest BCUT2D eigenvalue weighted by Gasteiger charge is 2.13. The van der Waals surface area contributed by atoms with Crippen LogP contribution in [-0.4, -0.2) is 26.0 Å². The third-order valence-electron chi connectivity index (χ3n) is 3.72. The summed E-state index contributed by atoms with van der Waals surface area (Å²) >= 11 is 0. The molecule has 6 heteroatoms. The van der Waals surface area contributed by atoms with E-state index >= 15 is 0 Å². The summed E-state index contributed by atoms with van der Waals surface area (Å²) in [6.45, 7) is 0.0684. The van der Waals surface area contributed by atoms with Gasteiger partial charge in [-0.2, -0.15) is 5.26 Å². The summed E-state index contributed by atoms with van der Waals surface area (Å²) in [5.41, 5.74) is 1.67. The van der Waals surface area contributed by atoms with Gasteiger partial charge < -0.3 is 14.2 Å². The van der Waals surface area contributed by atoms with Crippen LogP contribution in [-0.2, 0) is 16.1 Å². The maximum absolute atomic E-state index is 12.2. The standard InChI is InChI=1S/C20H19NO5/c1-24-18-8-6-16(11-19(18)25-2)17(22)7-9-20(23)26-13-15-5-3-4-14(10-15)12-21/h3-6,8,10-11H,7,9,13H2,1-2H3. The molecule has 0 bridgehead atoms. The molecule has 0 aliphatic rings. The van der Waals surface area contributed by atoms with E-state index < -0.39 is 5.97 Å². The number of esters is 1. The Labute approximate surface area is 151 Å². The molecule has 0 N–H and O–H groups in total. The predicted octanol–water partition coefficient (Wildman–Crippen LogP) is 3.28. The maximum atomic E-state index is 12.2. The molecule has 0 aliphatic heterocycles. The number of carbonyl (C=O) groups excluding carboxylic acids is 2. The fourth-order valence-electron chi connectivity index (χ4n) is 2.34. The summed E-state index contributed by atoms with van der Waals surface area (Å²) in [5, 5.41) is 8.85. The third kappa shape index (κ3) is 5.08. The van der Waals surface area contributed by atoms with Gasteiger partial charge in [0.05, 0.1) is 32.3 Å². The quantitative estimate of drug-likeness (QED) is 0.535. The van der Waals surface area contributed by atoms with E-state index in [1.807, 2.05) is 6.07 Å². The summed E-state index contributed by atoms with van der Waals surface area (Å²) in [5.74, 6) is 0.330. The number of hydrogen-bond donors (Lipinski definition) is 0. The Kier molecular flexibility index (Phi) is 6.75. The minimum atomic E-state index is -0.471. The molecular weight excluding hydrogens is 334 g/mol. The van der Waals surface area contributed by atoms with E-state index in [-0.39, 0.29) is 25.2 Å². The Bertz CT molecular complexity index is 838. The van der Waals surface area contributed by atoms with Gasteiger partial charge in [-0.3, -0.25) is 9.59 Å². The van der Waals surface area contributed by atoms with E-state index in [1.165, 1.54) is 14.2 Å². The maximum Gasteiger partial charge on any atom is 0.306 e. The summed E-state index contributed by atoms with van der Waals surface area (Å²) in [6, 6.07) is 13.7. The van der Waals surface area contributed by atoms with Gasteiger partial charge in [0, 0.05) is 12.0 Å². The zero-order valence-corrected chi connectivity index (χ0v) is 14.7. The molecule has 0 radical (unpaired) electrons. The first-order valence-electron chi connectivity index (χ1n) is 7.97. The minimum Gasteiger partial charge on any atom is -0.493 e. The van der Waals surface area contributed by atoms with Crippen LogP contribution in [0.25, 0.3) is 0 Å². The SMILES string of the molecule is COc1ccc(C(=O)CCC(=O)OCc2cccc(C#N)c2)cc1OC. The van der Waals surface area contributed by atoms with Crippen LogP contribution in [0.5, 0.6) is 11.5 Å². The highest BCUT2D eigenvalue weighted by atomic mass is 16.5. The van der Waals surface area contributed by atoms with Gasteiger partial charge in [0.15, 0.2) is 17.3 Å². The molecule has 0 aliphatic carbocycles. The highest BCUT2D eigenvalue weighted by molar-refractivity contribution is 5.98. The summed E-state index contributed by atoms with van der Waals surface area (Å²) in [7, 11) is 3.01. The first-order valence-corrected chi connectivity index (χ1v) is 7.97. The molecule has 2 rings (SSSR count). The van der Waals surface area contributed by atoms with Gasteiger partial charge in [-0.1, -0.05) is 12.1 Å². The number of ether oxygens (including phenoxy) is 3. The third-order valence-corrected chi connectivity index (χ3v) is 3.72. The van der Waals surface area contributed by atoms with Crippen LogP contribution in [0, 0.1) is 11.3 Å². The lowest BCUT2D eigenvalue weighted by Gasteiger charge is -2.09. The van der Waals surface area contributed by atoms with Crippen LogP contribution >= 0.6 is 0 Å². The number of rotatable bonds is 8. The first kappa shape index (κ1) is 19.0. The molecule has 0 amide bonds. The van der Waals surface area contributed by atoms with Crippen LogP contribution in [0.2, 0.25) is 0 Å². The molecule has 0 saturated heterocycles. The van der Waals surface area contributed by atoms with E-state index in [2.05, 4.69) is 0 Å². The van der Waals surface area contributed by atoms with Crippen molar-refractivity contribution in [3.05, 3.63) is 59.2 Å². The smallest absolute Gasteiger partial charge is 0.306 e. The monoisotopic (exact) mass is 353 g/mol. The summed E-state index contributed by atoms with van der Waals surface area (Å²) < 4.78 is 15.4. The normalized spacial score (nSPS) is 9.88. The Morgan fingerprint density at radius 1 is 1.00 bits per heavy atom. The topological polar surface area (TPSA) is 85.6 Å². The van der Waals surface area contributed by atoms with Crippen LogP contribution in [0.1, 0.15) is 34.3 Å². The Hall–Kier alpha value is -3.33.